The second-order valence-corrected chi connectivity index (χ2v) is 4.60. The van der Waals surface area contributed by atoms with Gasteiger partial charge in [-0.2, -0.15) is 13.2 Å². The molecule has 0 radical (unpaired) electrons. The summed E-state index contributed by atoms with van der Waals surface area (Å²) in [6, 6.07) is 1.50. The normalized spacial score (nSPS) is 22.3. The molecule has 0 aliphatic heterocycles. The van der Waals surface area contributed by atoms with Crippen LogP contribution in [-0.4, -0.2) is 5.78 Å². The smallest absolute Gasteiger partial charge is 0.300 e. The lowest BCUT2D eigenvalue weighted by Gasteiger charge is -2.11. The highest BCUT2D eigenvalue weighted by molar-refractivity contribution is 7.10. The Hall–Kier alpha value is -0.840. The molecule has 0 amide bonds. The molecule has 0 aromatic carbocycles. The van der Waals surface area contributed by atoms with Crippen molar-refractivity contribution in [2.75, 3.05) is 0 Å². The van der Waals surface area contributed by atoms with E-state index in [1.807, 2.05) is 0 Å². The van der Waals surface area contributed by atoms with E-state index in [9.17, 15) is 18.0 Å². The third-order valence-electron chi connectivity index (χ3n) is 2.64. The summed E-state index contributed by atoms with van der Waals surface area (Å²) >= 11 is 0.708. The number of hydrogen-bond acceptors (Lipinski definition) is 2. The lowest BCUT2D eigenvalue weighted by atomic mass is 9.98. The summed E-state index contributed by atoms with van der Waals surface area (Å²) in [7, 11) is 0. The van der Waals surface area contributed by atoms with Gasteiger partial charge in [0.05, 0.1) is 0 Å². The number of carbonyl (C=O) groups excluding carboxylic acids is 1. The second-order valence-electron chi connectivity index (χ2n) is 3.68. The van der Waals surface area contributed by atoms with Crippen LogP contribution in [0.3, 0.4) is 0 Å². The fourth-order valence-corrected chi connectivity index (χ4v) is 2.81. The first-order chi connectivity index (χ1) is 6.98. The quantitative estimate of drug-likeness (QED) is 0.725. The van der Waals surface area contributed by atoms with Crippen molar-refractivity contribution in [2.45, 2.75) is 31.4 Å². The Bertz CT molecular complexity index is 380. The first-order valence-corrected chi connectivity index (χ1v) is 5.52. The standard InChI is InChI=1S/C10H9F3OS/c11-10(12,13)9-8(3-4-15-9)6-1-2-7(14)5-6/h3-4,6H,1-2,5H2. The third-order valence-corrected chi connectivity index (χ3v) is 3.61. The first-order valence-electron chi connectivity index (χ1n) is 4.65. The fraction of sp³-hybridized carbons (Fsp3) is 0.500. The fourth-order valence-electron chi connectivity index (χ4n) is 1.95. The summed E-state index contributed by atoms with van der Waals surface area (Å²) in [5, 5.41) is 1.45. The van der Waals surface area contributed by atoms with E-state index in [0.29, 0.717) is 29.7 Å². The van der Waals surface area contributed by atoms with E-state index >= 15 is 0 Å². The minimum atomic E-state index is -4.28. The molecular formula is C10H9F3OS. The zero-order valence-electron chi connectivity index (χ0n) is 7.80. The van der Waals surface area contributed by atoms with Crippen LogP contribution in [0.5, 0.6) is 0 Å². The molecule has 1 atom stereocenters. The minimum Gasteiger partial charge on any atom is -0.300 e. The van der Waals surface area contributed by atoms with Gasteiger partial charge in [0.15, 0.2) is 0 Å². The van der Waals surface area contributed by atoms with Crippen molar-refractivity contribution in [3.63, 3.8) is 0 Å². The van der Waals surface area contributed by atoms with E-state index in [2.05, 4.69) is 0 Å². The molecular weight excluding hydrogens is 225 g/mol. The van der Waals surface area contributed by atoms with Gasteiger partial charge in [-0.25, -0.2) is 0 Å². The van der Waals surface area contributed by atoms with Crippen LogP contribution in [0.15, 0.2) is 11.4 Å². The average molecular weight is 234 g/mol. The summed E-state index contributed by atoms with van der Waals surface area (Å²) < 4.78 is 37.7. The predicted octanol–water partition coefficient (Wildman–Crippen LogP) is 3.60. The summed E-state index contributed by atoms with van der Waals surface area (Å²) in [6.07, 6.45) is -3.05. The summed E-state index contributed by atoms with van der Waals surface area (Å²) in [5.74, 6) is -0.153. The van der Waals surface area contributed by atoms with E-state index in [1.165, 1.54) is 11.4 Å². The van der Waals surface area contributed by atoms with Crippen LogP contribution < -0.4 is 0 Å². The van der Waals surface area contributed by atoms with Crippen molar-refractivity contribution >= 4 is 17.1 Å². The molecule has 1 aromatic heterocycles. The monoisotopic (exact) mass is 234 g/mol. The van der Waals surface area contributed by atoms with Gasteiger partial charge in [-0.1, -0.05) is 0 Å². The van der Waals surface area contributed by atoms with Gasteiger partial charge in [0.1, 0.15) is 10.7 Å². The highest BCUT2D eigenvalue weighted by Crippen LogP contribution is 2.43. The number of Topliss-reactive ketones (excluding diaryl/α,β-unsaturated/α-hetero) is 1. The van der Waals surface area contributed by atoms with Crippen molar-refractivity contribution in [2.24, 2.45) is 0 Å². The van der Waals surface area contributed by atoms with Gasteiger partial charge in [0.2, 0.25) is 0 Å². The number of ketones is 1. The number of halogens is 3. The summed E-state index contributed by atoms with van der Waals surface area (Å²) in [6.45, 7) is 0. The lowest BCUT2D eigenvalue weighted by molar-refractivity contribution is -0.135. The molecule has 1 aromatic rings. The van der Waals surface area contributed by atoms with Crippen LogP contribution in [0, 0.1) is 0 Å². The van der Waals surface area contributed by atoms with Crippen LogP contribution >= 0.6 is 11.3 Å². The minimum absolute atomic E-state index is 0.0688. The van der Waals surface area contributed by atoms with Crippen molar-refractivity contribution in [3.8, 4) is 0 Å². The molecule has 0 bridgehead atoms. The molecule has 1 heterocycles. The van der Waals surface area contributed by atoms with Crippen molar-refractivity contribution < 1.29 is 18.0 Å². The van der Waals surface area contributed by atoms with Crippen LogP contribution in [-0.2, 0) is 11.0 Å². The predicted molar refractivity (Wildman–Crippen MR) is 50.9 cm³/mol. The SMILES string of the molecule is O=C1CCC(c2ccsc2C(F)(F)F)C1. The highest BCUT2D eigenvalue weighted by Gasteiger charge is 2.38. The molecule has 1 saturated carbocycles. The van der Waals surface area contributed by atoms with Crippen molar-refractivity contribution in [1.82, 2.24) is 0 Å². The van der Waals surface area contributed by atoms with E-state index in [0.717, 1.165) is 0 Å². The van der Waals surface area contributed by atoms with Crippen LogP contribution in [0.1, 0.15) is 35.6 Å². The number of thiophene rings is 1. The number of hydrogen-bond donors (Lipinski definition) is 0. The third kappa shape index (κ3) is 2.07. The number of rotatable bonds is 1. The zero-order chi connectivity index (χ0) is 11.1. The number of carbonyl (C=O) groups is 1. The molecule has 1 unspecified atom stereocenters. The van der Waals surface area contributed by atoms with Crippen LogP contribution in [0.4, 0.5) is 13.2 Å². The van der Waals surface area contributed by atoms with Gasteiger partial charge in [0.25, 0.3) is 0 Å². The lowest BCUT2D eigenvalue weighted by Crippen LogP contribution is -2.07. The van der Waals surface area contributed by atoms with E-state index < -0.39 is 11.1 Å². The highest BCUT2D eigenvalue weighted by atomic mass is 32.1. The molecule has 15 heavy (non-hydrogen) atoms. The topological polar surface area (TPSA) is 17.1 Å². The molecule has 1 aliphatic rings. The van der Waals surface area contributed by atoms with Gasteiger partial charge in [-0.3, -0.25) is 4.79 Å². The van der Waals surface area contributed by atoms with Crippen molar-refractivity contribution in [1.29, 1.82) is 0 Å². The zero-order valence-corrected chi connectivity index (χ0v) is 8.62. The Balaban J connectivity index is 2.29. The Morgan fingerprint density at radius 2 is 2.13 bits per heavy atom. The Labute approximate surface area is 88.9 Å². The average Bonchev–Trinajstić information content (AvgIpc) is 2.68. The molecule has 82 valence electrons. The summed E-state index contributed by atoms with van der Waals surface area (Å²) in [5.41, 5.74) is 0.304. The van der Waals surface area contributed by atoms with Crippen molar-refractivity contribution in [3.05, 3.63) is 21.9 Å². The van der Waals surface area contributed by atoms with Gasteiger partial charge in [-0.05, 0) is 29.3 Å². The van der Waals surface area contributed by atoms with Gasteiger partial charge in [-0.15, -0.1) is 11.3 Å². The Morgan fingerprint density at radius 1 is 1.40 bits per heavy atom. The molecule has 5 heteroatoms. The molecule has 1 fully saturated rings. The van der Waals surface area contributed by atoms with E-state index in [4.69, 9.17) is 0 Å². The Kier molecular flexibility index (Phi) is 2.58. The maximum Gasteiger partial charge on any atom is 0.425 e. The summed E-state index contributed by atoms with van der Waals surface area (Å²) in [4.78, 5) is 10.5. The molecule has 2 rings (SSSR count). The maximum atomic E-state index is 12.6. The molecule has 0 saturated heterocycles. The van der Waals surface area contributed by atoms with Gasteiger partial charge < -0.3 is 0 Å². The second kappa shape index (κ2) is 3.63. The van der Waals surface area contributed by atoms with E-state index in [-0.39, 0.29) is 18.1 Å². The Morgan fingerprint density at radius 3 is 2.67 bits per heavy atom. The van der Waals surface area contributed by atoms with Crippen LogP contribution in [0.25, 0.3) is 0 Å². The first kappa shape index (κ1) is 10.7. The maximum absolute atomic E-state index is 12.6. The largest absolute Gasteiger partial charge is 0.425 e. The van der Waals surface area contributed by atoms with E-state index in [1.54, 1.807) is 0 Å². The molecule has 1 aliphatic carbocycles. The van der Waals surface area contributed by atoms with Crippen LogP contribution in [0.2, 0.25) is 0 Å². The number of alkyl halides is 3. The van der Waals surface area contributed by atoms with Gasteiger partial charge >= 0.3 is 6.18 Å². The molecule has 1 nitrogen and oxygen atoms in total. The molecule has 0 N–H and O–H groups in total. The van der Waals surface area contributed by atoms with Gasteiger partial charge in [0, 0.05) is 12.8 Å². The molecule has 0 spiro atoms.